The van der Waals surface area contributed by atoms with E-state index >= 15 is 0 Å². The number of ether oxygens (including phenoxy) is 1. The van der Waals surface area contributed by atoms with Crippen molar-refractivity contribution in [1.82, 2.24) is 4.90 Å². The van der Waals surface area contributed by atoms with Crippen LogP contribution in [0.2, 0.25) is 0 Å². The van der Waals surface area contributed by atoms with Gasteiger partial charge in [-0.3, -0.25) is 9.59 Å². The number of anilines is 1. The van der Waals surface area contributed by atoms with Crippen LogP contribution < -0.4 is 15.4 Å². The van der Waals surface area contributed by atoms with E-state index in [1.165, 1.54) is 23.8 Å². The molecular formula is C24H28N4O3S. The minimum atomic E-state index is -0.411. The third-order valence-corrected chi connectivity index (χ3v) is 7.64. The van der Waals surface area contributed by atoms with Gasteiger partial charge in [-0.05, 0) is 55.3 Å². The lowest BCUT2D eigenvalue weighted by molar-refractivity contribution is -0.127. The highest BCUT2D eigenvalue weighted by atomic mass is 32.1. The van der Waals surface area contributed by atoms with Gasteiger partial charge in [0.25, 0.3) is 5.91 Å². The molecule has 1 spiro atoms. The number of amides is 2. The molecule has 4 rings (SSSR count). The van der Waals surface area contributed by atoms with E-state index in [0.29, 0.717) is 49.4 Å². The summed E-state index contributed by atoms with van der Waals surface area (Å²) in [4.78, 5) is 30.7. The van der Waals surface area contributed by atoms with Crippen molar-refractivity contribution in [2.45, 2.75) is 26.2 Å². The molecule has 0 atom stereocenters. The summed E-state index contributed by atoms with van der Waals surface area (Å²) in [7, 11) is 1.57. The molecule has 0 aliphatic carbocycles. The second-order valence-corrected chi connectivity index (χ2v) is 9.33. The zero-order valence-electron chi connectivity index (χ0n) is 18.4. The van der Waals surface area contributed by atoms with Gasteiger partial charge >= 0.3 is 0 Å². The summed E-state index contributed by atoms with van der Waals surface area (Å²) in [6.07, 6.45) is 4.70. The lowest BCUT2D eigenvalue weighted by atomic mass is 9.77. The Morgan fingerprint density at radius 1 is 1.22 bits per heavy atom. The number of hydrogen-bond donors (Lipinski definition) is 2. The molecule has 2 aliphatic rings. The number of likely N-dealkylation sites (tertiary alicyclic amines) is 1. The summed E-state index contributed by atoms with van der Waals surface area (Å²) in [6.45, 7) is 3.83. The summed E-state index contributed by atoms with van der Waals surface area (Å²) in [5.41, 5.74) is 8.36. The van der Waals surface area contributed by atoms with Gasteiger partial charge in [0, 0.05) is 54.9 Å². The molecule has 1 aromatic heterocycles. The SMILES string of the molecule is COc1cc(N2CCC3(CCN(C(=O)c4cc(C)cs4)CC3)C2=O)ccc1/C(C=N)=C/N. The minimum Gasteiger partial charge on any atom is -0.496 e. The number of nitrogens with two attached hydrogens (primary N) is 1. The molecule has 1 aromatic carbocycles. The molecule has 2 saturated heterocycles. The summed E-state index contributed by atoms with van der Waals surface area (Å²) in [5, 5.41) is 9.52. The monoisotopic (exact) mass is 452 g/mol. The summed E-state index contributed by atoms with van der Waals surface area (Å²) in [6, 6.07) is 7.47. The van der Waals surface area contributed by atoms with Crippen molar-refractivity contribution in [1.29, 1.82) is 5.41 Å². The number of thiophene rings is 1. The van der Waals surface area contributed by atoms with Crippen molar-refractivity contribution in [2.24, 2.45) is 11.1 Å². The van der Waals surface area contributed by atoms with Gasteiger partial charge in [-0.2, -0.15) is 0 Å². The van der Waals surface area contributed by atoms with Crippen LogP contribution in [0.25, 0.3) is 5.57 Å². The Kier molecular flexibility index (Phi) is 6.06. The molecule has 32 heavy (non-hydrogen) atoms. The smallest absolute Gasteiger partial charge is 0.263 e. The van der Waals surface area contributed by atoms with Crippen LogP contribution in [0.4, 0.5) is 5.69 Å². The van der Waals surface area contributed by atoms with E-state index in [9.17, 15) is 9.59 Å². The molecule has 3 N–H and O–H groups in total. The van der Waals surface area contributed by atoms with Crippen molar-refractivity contribution >= 4 is 40.6 Å². The first-order valence-electron chi connectivity index (χ1n) is 10.7. The quantitative estimate of drug-likeness (QED) is 0.676. The first kappa shape index (κ1) is 22.1. The van der Waals surface area contributed by atoms with Crippen molar-refractivity contribution in [3.63, 3.8) is 0 Å². The van der Waals surface area contributed by atoms with Gasteiger partial charge in [-0.25, -0.2) is 0 Å². The number of allylic oxidation sites excluding steroid dienone is 1. The number of nitrogens with one attached hydrogen (secondary N) is 1. The second-order valence-electron chi connectivity index (χ2n) is 8.42. The molecular weight excluding hydrogens is 424 g/mol. The predicted octanol–water partition coefficient (Wildman–Crippen LogP) is 3.67. The van der Waals surface area contributed by atoms with Crippen molar-refractivity contribution in [3.8, 4) is 5.75 Å². The van der Waals surface area contributed by atoms with Gasteiger partial charge in [-0.15, -0.1) is 11.3 Å². The van der Waals surface area contributed by atoms with E-state index in [1.54, 1.807) is 7.11 Å². The zero-order chi connectivity index (χ0) is 22.9. The molecule has 0 radical (unpaired) electrons. The standard InChI is InChI=1S/C24H28N4O3S/c1-16-11-21(32-15-16)22(29)27-8-5-24(6-9-27)7-10-28(23(24)30)18-3-4-19(17(13-25)14-26)20(12-18)31-2/h3-4,11-15,25H,5-10,26H2,1-2H3/b17-14+,25-13?. The average molecular weight is 453 g/mol. The van der Waals surface area contributed by atoms with Gasteiger partial charge < -0.3 is 25.7 Å². The number of rotatable bonds is 5. The number of aryl methyl sites for hydroxylation is 1. The molecule has 0 saturated carbocycles. The summed E-state index contributed by atoms with van der Waals surface area (Å²) < 4.78 is 5.51. The van der Waals surface area contributed by atoms with Gasteiger partial charge in [-0.1, -0.05) is 0 Å². The molecule has 168 valence electrons. The Hall–Kier alpha value is -3.13. The summed E-state index contributed by atoms with van der Waals surface area (Å²) in [5.74, 6) is 0.756. The minimum absolute atomic E-state index is 0.0653. The van der Waals surface area contributed by atoms with Gasteiger partial charge in [0.2, 0.25) is 5.91 Å². The number of carbonyl (C=O) groups excluding carboxylic acids is 2. The maximum Gasteiger partial charge on any atom is 0.263 e. The Morgan fingerprint density at radius 3 is 2.53 bits per heavy atom. The molecule has 2 amide bonds. The first-order valence-corrected chi connectivity index (χ1v) is 11.6. The Morgan fingerprint density at radius 2 is 1.94 bits per heavy atom. The highest BCUT2D eigenvalue weighted by Gasteiger charge is 2.49. The highest BCUT2D eigenvalue weighted by molar-refractivity contribution is 7.12. The van der Waals surface area contributed by atoms with Crippen LogP contribution in [0.3, 0.4) is 0 Å². The normalized spacial score (nSPS) is 18.3. The van der Waals surface area contributed by atoms with Crippen LogP contribution in [-0.4, -0.2) is 49.7 Å². The first-order chi connectivity index (χ1) is 15.4. The van der Waals surface area contributed by atoms with Crippen LogP contribution in [0, 0.1) is 17.7 Å². The molecule has 8 heteroatoms. The average Bonchev–Trinajstić information content (AvgIpc) is 3.39. The molecule has 3 heterocycles. The van der Waals surface area contributed by atoms with E-state index < -0.39 is 5.41 Å². The number of carbonyl (C=O) groups is 2. The van der Waals surface area contributed by atoms with Crippen LogP contribution in [0.1, 0.15) is 40.1 Å². The molecule has 7 nitrogen and oxygen atoms in total. The van der Waals surface area contributed by atoms with Crippen LogP contribution >= 0.6 is 11.3 Å². The second kappa shape index (κ2) is 8.78. The van der Waals surface area contributed by atoms with Crippen molar-refractivity contribution in [2.75, 3.05) is 31.6 Å². The number of nitrogens with zero attached hydrogens (tertiary/aromatic N) is 2. The van der Waals surface area contributed by atoms with Gasteiger partial charge in [0.15, 0.2) is 0 Å². The maximum atomic E-state index is 13.5. The fraction of sp³-hybridized carbons (Fsp3) is 0.375. The summed E-state index contributed by atoms with van der Waals surface area (Å²) >= 11 is 1.48. The molecule has 2 aliphatic heterocycles. The van der Waals surface area contributed by atoms with Crippen LogP contribution in [-0.2, 0) is 4.79 Å². The lowest BCUT2D eigenvalue weighted by Crippen LogP contribution is -2.46. The van der Waals surface area contributed by atoms with Gasteiger partial charge in [0.1, 0.15) is 5.75 Å². The van der Waals surface area contributed by atoms with E-state index in [0.717, 1.165) is 22.5 Å². The fourth-order valence-electron chi connectivity index (χ4n) is 4.67. The Balaban J connectivity index is 1.49. The van der Waals surface area contributed by atoms with E-state index in [2.05, 4.69) is 0 Å². The van der Waals surface area contributed by atoms with Crippen molar-refractivity contribution in [3.05, 3.63) is 51.8 Å². The molecule has 2 aromatic rings. The number of benzene rings is 1. The van der Waals surface area contributed by atoms with E-state index in [1.807, 2.05) is 46.4 Å². The largest absolute Gasteiger partial charge is 0.496 e. The molecule has 0 bridgehead atoms. The molecule has 2 fully saturated rings. The Bertz CT molecular complexity index is 1080. The third kappa shape index (κ3) is 3.79. The van der Waals surface area contributed by atoms with E-state index in [-0.39, 0.29) is 11.8 Å². The fourth-order valence-corrected chi connectivity index (χ4v) is 5.53. The van der Waals surface area contributed by atoms with Crippen LogP contribution in [0.15, 0.2) is 35.8 Å². The highest BCUT2D eigenvalue weighted by Crippen LogP contribution is 2.44. The van der Waals surface area contributed by atoms with Crippen molar-refractivity contribution < 1.29 is 14.3 Å². The number of hydrogen-bond acceptors (Lipinski definition) is 6. The van der Waals surface area contributed by atoms with Crippen LogP contribution in [0.5, 0.6) is 5.75 Å². The lowest BCUT2D eigenvalue weighted by Gasteiger charge is -2.37. The number of piperidine rings is 1. The zero-order valence-corrected chi connectivity index (χ0v) is 19.2. The van der Waals surface area contributed by atoms with E-state index in [4.69, 9.17) is 15.9 Å². The number of methoxy groups -OCH3 is 1. The Labute approximate surface area is 192 Å². The van der Waals surface area contributed by atoms with Gasteiger partial charge in [0.05, 0.1) is 17.4 Å². The third-order valence-electron chi connectivity index (χ3n) is 6.60. The predicted molar refractivity (Wildman–Crippen MR) is 128 cm³/mol. The molecule has 0 unspecified atom stereocenters. The maximum absolute atomic E-state index is 13.5. The topological polar surface area (TPSA) is 99.7 Å².